The van der Waals surface area contributed by atoms with Crippen molar-refractivity contribution in [2.75, 3.05) is 60.1 Å². The molecule has 168 valence electrons. The van der Waals surface area contributed by atoms with Crippen molar-refractivity contribution >= 4 is 53.1 Å². The predicted octanol–water partition coefficient (Wildman–Crippen LogP) is 2.87. The molecule has 1 rings (SSSR count). The number of guanidine groups is 1. The van der Waals surface area contributed by atoms with Crippen LogP contribution < -0.4 is 15.4 Å². The first kappa shape index (κ1) is 28.5. The Morgan fingerprint density at radius 2 is 2.03 bits per heavy atom. The highest BCUT2D eigenvalue weighted by Gasteiger charge is 2.10. The van der Waals surface area contributed by atoms with Gasteiger partial charge in [0.2, 0.25) is 0 Å². The number of methoxy groups -OCH3 is 1. The van der Waals surface area contributed by atoms with Crippen LogP contribution in [0.1, 0.15) is 13.3 Å². The number of nitrogens with zero attached hydrogens (tertiary/aromatic N) is 2. The third kappa shape index (κ3) is 12.7. The highest BCUT2D eigenvalue weighted by Crippen LogP contribution is 2.31. The van der Waals surface area contributed by atoms with Crippen LogP contribution in [0.3, 0.4) is 0 Å². The normalized spacial score (nSPS) is 12.4. The van der Waals surface area contributed by atoms with Gasteiger partial charge in [0.1, 0.15) is 23.5 Å². The minimum absolute atomic E-state index is 0. The van der Waals surface area contributed by atoms with E-state index in [0.29, 0.717) is 21.8 Å². The van der Waals surface area contributed by atoms with Gasteiger partial charge < -0.3 is 30.1 Å². The van der Waals surface area contributed by atoms with Crippen LogP contribution in [-0.4, -0.2) is 82.2 Å². The molecule has 0 amide bonds. The summed E-state index contributed by atoms with van der Waals surface area (Å²) in [6.07, 6.45) is 0.242. The van der Waals surface area contributed by atoms with Crippen LogP contribution in [0, 0.1) is 0 Å². The van der Waals surface area contributed by atoms with Crippen molar-refractivity contribution in [2.24, 2.45) is 4.99 Å². The van der Waals surface area contributed by atoms with Gasteiger partial charge in [0.15, 0.2) is 5.96 Å². The molecule has 0 heterocycles. The Labute approximate surface area is 201 Å². The van der Waals surface area contributed by atoms with E-state index < -0.39 is 6.10 Å². The van der Waals surface area contributed by atoms with E-state index in [2.05, 4.69) is 27.6 Å². The Morgan fingerprint density at radius 3 is 2.72 bits per heavy atom. The summed E-state index contributed by atoms with van der Waals surface area (Å²) < 4.78 is 10.6. The second-order valence-electron chi connectivity index (χ2n) is 6.31. The minimum atomic E-state index is -0.762. The number of aliphatic imine (C=N–C) groups is 1. The van der Waals surface area contributed by atoms with Crippen molar-refractivity contribution in [1.29, 1.82) is 0 Å². The Bertz CT molecular complexity index is 597. The fourth-order valence-electron chi connectivity index (χ4n) is 2.33. The van der Waals surface area contributed by atoms with Crippen molar-refractivity contribution in [3.05, 3.63) is 28.2 Å². The van der Waals surface area contributed by atoms with Crippen molar-refractivity contribution in [3.8, 4) is 5.75 Å². The van der Waals surface area contributed by atoms with Gasteiger partial charge >= 0.3 is 0 Å². The predicted molar refractivity (Wildman–Crippen MR) is 131 cm³/mol. The zero-order chi connectivity index (χ0) is 20.8. The number of ether oxygens (including phenoxy) is 2. The van der Waals surface area contributed by atoms with E-state index in [1.54, 1.807) is 25.3 Å². The first-order valence-electron chi connectivity index (χ1n) is 9.42. The first-order valence-corrected chi connectivity index (χ1v) is 10.2. The molecular formula is C19H33Cl2IN4O3. The Balaban J connectivity index is 0.00000784. The lowest BCUT2D eigenvalue weighted by Gasteiger charge is -2.18. The van der Waals surface area contributed by atoms with E-state index in [4.69, 9.17) is 32.7 Å². The molecule has 0 saturated carbocycles. The molecule has 1 unspecified atom stereocenters. The van der Waals surface area contributed by atoms with E-state index >= 15 is 0 Å². The highest BCUT2D eigenvalue weighted by molar-refractivity contribution is 14.0. The number of halogens is 3. The maximum absolute atomic E-state index is 10.1. The number of aliphatic hydroxyl groups is 1. The number of hydrogen-bond acceptors (Lipinski definition) is 5. The molecule has 0 spiro atoms. The smallest absolute Gasteiger partial charge is 0.191 e. The van der Waals surface area contributed by atoms with Gasteiger partial charge in [0, 0.05) is 39.9 Å². The number of nitrogens with one attached hydrogen (secondary N) is 2. The maximum Gasteiger partial charge on any atom is 0.191 e. The standard InChI is InChI=1S/C19H32Cl2N4O3.HI/c1-4-22-19(23-9-11-25(2)10-6-12-27-3)24-13-15(26)14-28-17-8-5-7-16(20)18(17)21;/h5,7-8,15,26H,4,6,9-14H2,1-3H3,(H2,22,23,24);1H. The maximum atomic E-state index is 10.1. The third-order valence-electron chi connectivity index (χ3n) is 3.83. The van der Waals surface area contributed by atoms with Crippen LogP contribution in [0.15, 0.2) is 23.2 Å². The highest BCUT2D eigenvalue weighted by atomic mass is 127. The Kier molecular flexibility index (Phi) is 16.9. The quantitative estimate of drug-likeness (QED) is 0.148. The third-order valence-corrected chi connectivity index (χ3v) is 4.63. The van der Waals surface area contributed by atoms with Gasteiger partial charge in [-0.05, 0) is 32.5 Å². The number of rotatable bonds is 13. The number of likely N-dealkylation sites (N-methyl/N-ethyl adjacent to an activating group) is 1. The number of benzene rings is 1. The Morgan fingerprint density at radius 1 is 1.28 bits per heavy atom. The van der Waals surface area contributed by atoms with Gasteiger partial charge in [-0.3, -0.25) is 4.99 Å². The van der Waals surface area contributed by atoms with Crippen molar-refractivity contribution in [3.63, 3.8) is 0 Å². The zero-order valence-corrected chi connectivity index (χ0v) is 21.1. The summed E-state index contributed by atoms with van der Waals surface area (Å²) in [5.74, 6) is 1.10. The topological polar surface area (TPSA) is 78.4 Å². The van der Waals surface area contributed by atoms with Crippen LogP contribution in [-0.2, 0) is 4.74 Å². The molecule has 0 aromatic heterocycles. The fraction of sp³-hybridized carbons (Fsp3) is 0.632. The molecule has 0 aliphatic heterocycles. The van der Waals surface area contributed by atoms with Crippen molar-refractivity contribution in [2.45, 2.75) is 19.4 Å². The zero-order valence-electron chi connectivity index (χ0n) is 17.3. The van der Waals surface area contributed by atoms with Crippen LogP contribution in [0.5, 0.6) is 5.75 Å². The minimum Gasteiger partial charge on any atom is -0.489 e. The lowest BCUT2D eigenvalue weighted by atomic mass is 10.3. The molecule has 1 aromatic carbocycles. The summed E-state index contributed by atoms with van der Waals surface area (Å²) in [5, 5.41) is 17.3. The van der Waals surface area contributed by atoms with Gasteiger partial charge in [-0.15, -0.1) is 24.0 Å². The Hall–Kier alpha value is -0.520. The number of hydrogen-bond donors (Lipinski definition) is 3. The van der Waals surface area contributed by atoms with Crippen molar-refractivity contribution in [1.82, 2.24) is 15.5 Å². The molecule has 7 nitrogen and oxygen atoms in total. The van der Waals surface area contributed by atoms with Crippen LogP contribution in [0.25, 0.3) is 0 Å². The molecular weight excluding hydrogens is 530 g/mol. The average Bonchev–Trinajstić information content (AvgIpc) is 2.67. The van der Waals surface area contributed by atoms with Gasteiger partial charge in [0.05, 0.1) is 11.6 Å². The molecule has 3 N–H and O–H groups in total. The second-order valence-corrected chi connectivity index (χ2v) is 7.10. The first-order chi connectivity index (χ1) is 13.5. The van der Waals surface area contributed by atoms with E-state index in [1.807, 2.05) is 6.92 Å². The number of aliphatic hydroxyl groups excluding tert-OH is 1. The lowest BCUT2D eigenvalue weighted by Crippen LogP contribution is -2.41. The summed E-state index contributed by atoms with van der Waals surface area (Å²) >= 11 is 12.0. The molecule has 0 saturated heterocycles. The van der Waals surface area contributed by atoms with Gasteiger partial charge in [-0.2, -0.15) is 0 Å². The molecule has 0 fully saturated rings. The van der Waals surface area contributed by atoms with Crippen LogP contribution in [0.4, 0.5) is 0 Å². The molecule has 1 atom stereocenters. The molecule has 0 aliphatic rings. The van der Waals surface area contributed by atoms with Gasteiger partial charge in [0.25, 0.3) is 0 Å². The van der Waals surface area contributed by atoms with Gasteiger partial charge in [-0.25, -0.2) is 0 Å². The monoisotopic (exact) mass is 562 g/mol. The summed E-state index contributed by atoms with van der Waals surface area (Å²) in [5.41, 5.74) is 0. The summed E-state index contributed by atoms with van der Waals surface area (Å²) in [4.78, 5) is 6.63. The van der Waals surface area contributed by atoms with Crippen LogP contribution >= 0.6 is 47.2 Å². The largest absolute Gasteiger partial charge is 0.489 e. The molecule has 29 heavy (non-hydrogen) atoms. The van der Waals surface area contributed by atoms with E-state index in [-0.39, 0.29) is 37.1 Å². The summed E-state index contributed by atoms with van der Waals surface area (Å²) in [6.45, 7) is 6.39. The molecule has 0 bridgehead atoms. The fourth-order valence-corrected chi connectivity index (χ4v) is 2.67. The van der Waals surface area contributed by atoms with E-state index in [0.717, 1.165) is 39.2 Å². The molecule has 0 radical (unpaired) electrons. The van der Waals surface area contributed by atoms with Gasteiger partial charge in [-0.1, -0.05) is 29.3 Å². The summed E-state index contributed by atoms with van der Waals surface area (Å²) in [7, 11) is 3.78. The second kappa shape index (κ2) is 17.2. The molecule has 0 aliphatic carbocycles. The van der Waals surface area contributed by atoms with Crippen LogP contribution in [0.2, 0.25) is 10.0 Å². The van der Waals surface area contributed by atoms with Crippen molar-refractivity contribution < 1.29 is 14.6 Å². The summed E-state index contributed by atoms with van der Waals surface area (Å²) in [6, 6.07) is 5.13. The lowest BCUT2D eigenvalue weighted by molar-refractivity contribution is 0.114. The molecule has 1 aromatic rings. The van der Waals surface area contributed by atoms with E-state index in [9.17, 15) is 5.11 Å². The average molecular weight is 563 g/mol. The van der Waals surface area contributed by atoms with E-state index in [1.165, 1.54) is 0 Å². The molecule has 10 heteroatoms. The SMILES string of the molecule is CCNC(=NCC(O)COc1cccc(Cl)c1Cl)NCCN(C)CCCOC.I.